The van der Waals surface area contributed by atoms with Crippen LogP contribution in [0.2, 0.25) is 0 Å². The molecule has 0 aliphatic carbocycles. The van der Waals surface area contributed by atoms with Crippen molar-refractivity contribution in [1.82, 2.24) is 9.62 Å². The molecule has 1 atom stereocenters. The first kappa shape index (κ1) is 18.9. The first-order valence-electron chi connectivity index (χ1n) is 6.08. The van der Waals surface area contributed by atoms with Gasteiger partial charge in [0.25, 0.3) is 0 Å². The van der Waals surface area contributed by atoms with Crippen molar-refractivity contribution < 1.29 is 13.2 Å². The van der Waals surface area contributed by atoms with E-state index < -0.39 is 10.0 Å². The number of hydrogen-bond donors (Lipinski definition) is 2. The van der Waals surface area contributed by atoms with E-state index in [2.05, 4.69) is 9.71 Å². The van der Waals surface area contributed by atoms with Gasteiger partial charge in [-0.2, -0.15) is 0 Å². The molecule has 19 heavy (non-hydrogen) atoms. The predicted molar refractivity (Wildman–Crippen MR) is 86.4 cm³/mol. The molecule has 0 aromatic rings. The summed E-state index contributed by atoms with van der Waals surface area (Å²) in [7, 11) is -3.14. The average molecular weight is 406 g/mol. The van der Waals surface area contributed by atoms with Crippen molar-refractivity contribution >= 4 is 40.0 Å². The van der Waals surface area contributed by atoms with E-state index in [1.165, 1.54) is 0 Å². The first-order valence-corrected chi connectivity index (χ1v) is 7.73. The van der Waals surface area contributed by atoms with Gasteiger partial charge in [0.2, 0.25) is 10.0 Å². The maximum Gasteiger partial charge on any atom is 0.211 e. The largest absolute Gasteiger partial charge is 0.375 e. The van der Waals surface area contributed by atoms with Crippen LogP contribution in [0.5, 0.6) is 0 Å². The summed E-state index contributed by atoms with van der Waals surface area (Å²) in [6, 6.07) is 0. The van der Waals surface area contributed by atoms with Crippen LogP contribution in [0.1, 0.15) is 13.8 Å². The van der Waals surface area contributed by atoms with Crippen molar-refractivity contribution in [3.63, 3.8) is 0 Å². The number of aliphatic imine (C=N–C) groups is 1. The second kappa shape index (κ2) is 8.93. The molecule has 1 heterocycles. The van der Waals surface area contributed by atoms with Gasteiger partial charge in [-0.05, 0) is 13.8 Å². The predicted octanol–water partition coefficient (Wildman–Crippen LogP) is -0.421. The molecule has 0 aromatic heterocycles. The fourth-order valence-electron chi connectivity index (χ4n) is 1.60. The highest BCUT2D eigenvalue weighted by molar-refractivity contribution is 14.0. The van der Waals surface area contributed by atoms with Crippen LogP contribution in [0.15, 0.2) is 4.99 Å². The molecule has 0 aromatic carbocycles. The summed E-state index contributed by atoms with van der Waals surface area (Å²) in [5, 5.41) is 0. The number of halogens is 1. The molecule has 1 rings (SSSR count). The van der Waals surface area contributed by atoms with Crippen LogP contribution in [0.4, 0.5) is 0 Å². The van der Waals surface area contributed by atoms with Crippen LogP contribution in [-0.2, 0) is 14.8 Å². The Morgan fingerprint density at radius 3 is 2.84 bits per heavy atom. The molecular weight excluding hydrogens is 383 g/mol. The molecule has 0 bridgehead atoms. The summed E-state index contributed by atoms with van der Waals surface area (Å²) >= 11 is 0. The molecule has 0 spiro atoms. The van der Waals surface area contributed by atoms with E-state index in [0.717, 1.165) is 13.1 Å². The van der Waals surface area contributed by atoms with E-state index >= 15 is 0 Å². The van der Waals surface area contributed by atoms with Crippen molar-refractivity contribution in [2.24, 2.45) is 10.7 Å². The van der Waals surface area contributed by atoms with Crippen LogP contribution in [0.25, 0.3) is 0 Å². The molecule has 1 saturated heterocycles. The van der Waals surface area contributed by atoms with E-state index in [4.69, 9.17) is 10.5 Å². The molecule has 7 nitrogen and oxygen atoms in total. The Morgan fingerprint density at radius 1 is 1.58 bits per heavy atom. The Labute approximate surface area is 132 Å². The minimum atomic E-state index is -3.14. The number of sulfonamides is 1. The van der Waals surface area contributed by atoms with Crippen molar-refractivity contribution in [1.29, 1.82) is 0 Å². The number of guanidine groups is 1. The van der Waals surface area contributed by atoms with E-state index in [-0.39, 0.29) is 42.4 Å². The van der Waals surface area contributed by atoms with Crippen LogP contribution in [0.3, 0.4) is 0 Å². The molecule has 0 saturated carbocycles. The van der Waals surface area contributed by atoms with Crippen molar-refractivity contribution in [3.05, 3.63) is 0 Å². The molecule has 1 fully saturated rings. The van der Waals surface area contributed by atoms with E-state index in [1.54, 1.807) is 6.92 Å². The lowest BCUT2D eigenvalue weighted by Crippen LogP contribution is -2.48. The highest BCUT2D eigenvalue weighted by Gasteiger charge is 2.17. The van der Waals surface area contributed by atoms with E-state index in [0.29, 0.717) is 19.1 Å². The summed E-state index contributed by atoms with van der Waals surface area (Å²) in [5.41, 5.74) is 5.84. The Hall–Kier alpha value is -0.130. The summed E-state index contributed by atoms with van der Waals surface area (Å²) in [6.07, 6.45) is 0.145. The van der Waals surface area contributed by atoms with Gasteiger partial charge >= 0.3 is 0 Å². The van der Waals surface area contributed by atoms with Crippen molar-refractivity contribution in [2.45, 2.75) is 20.0 Å². The van der Waals surface area contributed by atoms with Gasteiger partial charge in [-0.1, -0.05) is 0 Å². The molecule has 114 valence electrons. The molecule has 0 amide bonds. The van der Waals surface area contributed by atoms with Crippen LogP contribution < -0.4 is 10.5 Å². The molecule has 0 radical (unpaired) electrons. The van der Waals surface area contributed by atoms with Gasteiger partial charge in [0, 0.05) is 19.6 Å². The zero-order chi connectivity index (χ0) is 13.6. The topological polar surface area (TPSA) is 97.0 Å². The lowest BCUT2D eigenvalue weighted by Gasteiger charge is -2.31. The minimum Gasteiger partial charge on any atom is -0.375 e. The third-order valence-corrected chi connectivity index (χ3v) is 4.06. The molecule has 1 unspecified atom stereocenters. The molecule has 9 heteroatoms. The Bertz CT molecular complexity index is 388. The number of nitrogens with zero attached hydrogens (tertiary/aromatic N) is 2. The highest BCUT2D eigenvalue weighted by Crippen LogP contribution is 2.03. The third-order valence-electron chi connectivity index (χ3n) is 2.65. The van der Waals surface area contributed by atoms with Crippen LogP contribution in [-0.4, -0.2) is 63.9 Å². The monoisotopic (exact) mass is 406 g/mol. The maximum atomic E-state index is 11.2. The van der Waals surface area contributed by atoms with Gasteiger partial charge in [-0.25, -0.2) is 13.1 Å². The fourth-order valence-corrected chi connectivity index (χ4v) is 2.21. The molecule has 1 aliphatic rings. The summed E-state index contributed by atoms with van der Waals surface area (Å²) in [4.78, 5) is 6.10. The Kier molecular flexibility index (Phi) is 8.86. The van der Waals surface area contributed by atoms with E-state index in [1.807, 2.05) is 11.8 Å². The van der Waals surface area contributed by atoms with Crippen molar-refractivity contribution in [2.75, 3.05) is 38.5 Å². The quantitative estimate of drug-likeness (QED) is 0.280. The van der Waals surface area contributed by atoms with Gasteiger partial charge in [-0.3, -0.25) is 4.99 Å². The van der Waals surface area contributed by atoms with Crippen molar-refractivity contribution in [3.8, 4) is 0 Å². The summed E-state index contributed by atoms with van der Waals surface area (Å²) in [5.74, 6) is 0.522. The second-order valence-electron chi connectivity index (χ2n) is 4.17. The maximum absolute atomic E-state index is 11.2. The SMILES string of the molecule is CCS(=O)(=O)NCCN=C(N)N1CCOC(C)C1.I. The second-order valence-corrected chi connectivity index (χ2v) is 6.26. The van der Waals surface area contributed by atoms with Gasteiger partial charge < -0.3 is 15.4 Å². The number of nitrogens with two attached hydrogens (primary N) is 1. The van der Waals surface area contributed by atoms with Gasteiger partial charge in [-0.15, -0.1) is 24.0 Å². The van der Waals surface area contributed by atoms with E-state index in [9.17, 15) is 8.42 Å². The first-order chi connectivity index (χ1) is 8.44. The molecular formula is C10H23IN4O3S. The van der Waals surface area contributed by atoms with Gasteiger partial charge in [0.05, 0.1) is 25.0 Å². The molecule has 1 aliphatic heterocycles. The lowest BCUT2D eigenvalue weighted by atomic mass is 10.3. The minimum absolute atomic E-state index is 0. The normalized spacial score (nSPS) is 21.1. The summed E-state index contributed by atoms with van der Waals surface area (Å²) < 4.78 is 30.2. The Morgan fingerprint density at radius 2 is 2.26 bits per heavy atom. The number of hydrogen-bond acceptors (Lipinski definition) is 4. The highest BCUT2D eigenvalue weighted by atomic mass is 127. The Balaban J connectivity index is 0.00000324. The lowest BCUT2D eigenvalue weighted by molar-refractivity contribution is 0.00530. The van der Waals surface area contributed by atoms with Crippen LogP contribution >= 0.6 is 24.0 Å². The fraction of sp³-hybridized carbons (Fsp3) is 0.900. The zero-order valence-electron chi connectivity index (χ0n) is 11.3. The van der Waals surface area contributed by atoms with Gasteiger partial charge in [0.15, 0.2) is 5.96 Å². The number of ether oxygens (including phenoxy) is 1. The summed E-state index contributed by atoms with van der Waals surface area (Å²) in [6.45, 7) is 6.27. The van der Waals surface area contributed by atoms with Gasteiger partial charge in [0.1, 0.15) is 0 Å². The number of nitrogens with one attached hydrogen (secondary N) is 1. The smallest absolute Gasteiger partial charge is 0.211 e. The average Bonchev–Trinajstić information content (AvgIpc) is 2.34. The number of rotatable bonds is 5. The zero-order valence-corrected chi connectivity index (χ0v) is 14.5. The standard InChI is InChI=1S/C10H22N4O3S.HI/c1-3-18(15,16)13-5-4-12-10(11)14-6-7-17-9(2)8-14;/h9,13H,3-8H2,1-2H3,(H2,11,12);1H. The van der Waals surface area contributed by atoms with Crippen LogP contribution in [0, 0.1) is 0 Å². The third kappa shape index (κ3) is 7.28. The molecule has 3 N–H and O–H groups in total. The number of morpholine rings is 1.